The van der Waals surface area contributed by atoms with Gasteiger partial charge in [-0.15, -0.1) is 0 Å². The summed E-state index contributed by atoms with van der Waals surface area (Å²) in [5.41, 5.74) is 4.53. The first-order valence-electron chi connectivity index (χ1n) is 15.5. The van der Waals surface area contributed by atoms with Gasteiger partial charge in [-0.25, -0.2) is 8.42 Å². The highest BCUT2D eigenvalue weighted by atomic mass is 35.5. The van der Waals surface area contributed by atoms with Gasteiger partial charge in [-0.2, -0.15) is 0 Å². The van der Waals surface area contributed by atoms with Crippen molar-refractivity contribution in [2.75, 3.05) is 65.8 Å². The van der Waals surface area contributed by atoms with Crippen molar-refractivity contribution in [1.82, 2.24) is 14.7 Å². The molecular formula is C33H48ClN3O4S. The standard InChI is InChI=1S/C33H48ClN3O4S/c1-6-40-15-14-36-13-11-25(20-36)22-42(38,39)28-9-10-32(24(3)17-28)41-33-30-18-26(34)16-23(2)29(30)19-31(33)37-12-7-8-27(21-37)35(4)5/h9-10,16-18,25,27,31,33H,6-8,11-15,19-22H2,1-5H3/t25-,27-,31+,33+/m1/s1. The van der Waals surface area contributed by atoms with E-state index in [0.717, 1.165) is 67.5 Å². The minimum absolute atomic E-state index is 0.145. The highest BCUT2D eigenvalue weighted by Crippen LogP contribution is 2.42. The number of fused-ring (bicyclic) bond motifs is 1. The molecule has 2 saturated heterocycles. The lowest BCUT2D eigenvalue weighted by Crippen LogP contribution is -2.51. The summed E-state index contributed by atoms with van der Waals surface area (Å²) in [6.07, 6.45) is 4.04. The Morgan fingerprint density at radius 2 is 1.86 bits per heavy atom. The third-order valence-corrected chi connectivity index (χ3v) is 11.6. The molecule has 7 nitrogen and oxygen atoms in total. The number of benzene rings is 2. The quantitative estimate of drug-likeness (QED) is 0.323. The number of rotatable bonds is 11. The lowest BCUT2D eigenvalue weighted by atomic mass is 10.0. The summed E-state index contributed by atoms with van der Waals surface area (Å²) >= 11 is 6.56. The predicted molar refractivity (Wildman–Crippen MR) is 170 cm³/mol. The molecule has 0 radical (unpaired) electrons. The summed E-state index contributed by atoms with van der Waals surface area (Å²) in [6, 6.07) is 10.2. The molecule has 3 aliphatic rings. The predicted octanol–water partition coefficient (Wildman–Crippen LogP) is 5.16. The van der Waals surface area contributed by atoms with E-state index in [-0.39, 0.29) is 23.8 Å². The molecule has 232 valence electrons. The summed E-state index contributed by atoms with van der Waals surface area (Å²) in [7, 11) is 0.928. The van der Waals surface area contributed by atoms with E-state index in [9.17, 15) is 8.42 Å². The molecule has 0 amide bonds. The Kier molecular flexibility index (Phi) is 10.2. The molecule has 4 atom stereocenters. The van der Waals surface area contributed by atoms with Crippen LogP contribution in [0.3, 0.4) is 0 Å². The molecule has 0 saturated carbocycles. The van der Waals surface area contributed by atoms with E-state index in [1.807, 2.05) is 26.0 Å². The van der Waals surface area contributed by atoms with Crippen LogP contribution >= 0.6 is 11.6 Å². The molecule has 2 aliphatic heterocycles. The van der Waals surface area contributed by atoms with Crippen molar-refractivity contribution in [2.45, 2.75) is 69.5 Å². The molecule has 0 bridgehead atoms. The van der Waals surface area contributed by atoms with E-state index >= 15 is 0 Å². The fraction of sp³-hybridized carbons (Fsp3) is 0.636. The zero-order valence-corrected chi connectivity index (χ0v) is 27.5. The van der Waals surface area contributed by atoms with Gasteiger partial charge < -0.3 is 19.3 Å². The molecule has 0 unspecified atom stereocenters. The molecule has 42 heavy (non-hydrogen) atoms. The lowest BCUT2D eigenvalue weighted by molar-refractivity contribution is 0.0377. The van der Waals surface area contributed by atoms with E-state index in [1.54, 1.807) is 12.1 Å². The maximum atomic E-state index is 13.4. The van der Waals surface area contributed by atoms with Gasteiger partial charge in [0, 0.05) is 37.3 Å². The zero-order chi connectivity index (χ0) is 30.0. The Morgan fingerprint density at radius 3 is 2.60 bits per heavy atom. The third-order valence-electron chi connectivity index (χ3n) is 9.51. The summed E-state index contributed by atoms with van der Waals surface area (Å²) in [5.74, 6) is 1.06. The van der Waals surface area contributed by atoms with Crippen LogP contribution in [0.15, 0.2) is 35.2 Å². The van der Waals surface area contributed by atoms with Crippen LogP contribution < -0.4 is 4.74 Å². The van der Waals surface area contributed by atoms with Gasteiger partial charge in [-0.05, 0) is 132 Å². The van der Waals surface area contributed by atoms with Gasteiger partial charge in [0.15, 0.2) is 9.84 Å². The van der Waals surface area contributed by atoms with E-state index in [0.29, 0.717) is 24.2 Å². The van der Waals surface area contributed by atoms with Crippen LogP contribution in [0.5, 0.6) is 5.75 Å². The second-order valence-electron chi connectivity index (χ2n) is 12.7. The SMILES string of the molecule is CCOCCN1CC[C@@H](CS(=O)(=O)c2ccc(O[C@H]3c4cc(Cl)cc(C)c4C[C@@H]3N3CCC[C@@H](N(C)C)C3)c(C)c2)C1. The number of ether oxygens (including phenoxy) is 2. The number of likely N-dealkylation sites (N-methyl/N-ethyl adjacent to an activating group) is 1. The first-order valence-corrected chi connectivity index (χ1v) is 17.6. The van der Waals surface area contributed by atoms with Gasteiger partial charge in [-0.1, -0.05) is 11.6 Å². The van der Waals surface area contributed by atoms with Crippen LogP contribution in [0.2, 0.25) is 5.02 Å². The lowest BCUT2D eigenvalue weighted by Gasteiger charge is -2.41. The number of piperidine rings is 1. The van der Waals surface area contributed by atoms with Gasteiger partial charge in [0.2, 0.25) is 0 Å². The molecule has 1 aliphatic carbocycles. The van der Waals surface area contributed by atoms with E-state index in [4.69, 9.17) is 21.1 Å². The minimum atomic E-state index is -3.40. The van der Waals surface area contributed by atoms with E-state index in [1.165, 1.54) is 24.0 Å². The van der Waals surface area contributed by atoms with Crippen molar-refractivity contribution in [2.24, 2.45) is 5.92 Å². The second-order valence-corrected chi connectivity index (χ2v) is 15.2. The number of halogens is 1. The maximum Gasteiger partial charge on any atom is 0.178 e. The van der Waals surface area contributed by atoms with Crippen LogP contribution in [0, 0.1) is 19.8 Å². The smallest absolute Gasteiger partial charge is 0.178 e. The monoisotopic (exact) mass is 617 g/mol. The number of sulfone groups is 1. The number of nitrogens with zero attached hydrogens (tertiary/aromatic N) is 3. The van der Waals surface area contributed by atoms with Crippen molar-refractivity contribution in [3.8, 4) is 5.75 Å². The molecule has 5 rings (SSSR count). The Hall–Kier alpha value is -1.68. The van der Waals surface area contributed by atoms with E-state index < -0.39 is 9.84 Å². The summed E-state index contributed by atoms with van der Waals surface area (Å²) < 4.78 is 39.2. The van der Waals surface area contributed by atoms with Crippen LogP contribution in [0.1, 0.15) is 54.5 Å². The van der Waals surface area contributed by atoms with Gasteiger partial charge in [-0.3, -0.25) is 4.90 Å². The number of hydrogen-bond acceptors (Lipinski definition) is 7. The molecule has 2 aromatic rings. The van der Waals surface area contributed by atoms with Crippen molar-refractivity contribution in [1.29, 1.82) is 0 Å². The largest absolute Gasteiger partial charge is 0.484 e. The van der Waals surface area contributed by atoms with Gasteiger partial charge in [0.05, 0.1) is 23.3 Å². The molecule has 0 spiro atoms. The van der Waals surface area contributed by atoms with Crippen LogP contribution in [0.25, 0.3) is 0 Å². The first-order chi connectivity index (χ1) is 20.1. The van der Waals surface area contributed by atoms with Crippen LogP contribution in [0.4, 0.5) is 0 Å². The zero-order valence-electron chi connectivity index (χ0n) is 25.9. The maximum absolute atomic E-state index is 13.4. The Balaban J connectivity index is 1.33. The fourth-order valence-corrected chi connectivity index (χ4v) is 9.10. The normalized spacial score (nSPS) is 25.3. The second kappa shape index (κ2) is 13.5. The average molecular weight is 618 g/mol. The number of aryl methyl sites for hydroxylation is 2. The molecule has 2 heterocycles. The van der Waals surface area contributed by atoms with Crippen molar-refractivity contribution < 1.29 is 17.9 Å². The highest BCUT2D eigenvalue weighted by Gasteiger charge is 2.41. The Labute approximate surface area is 258 Å². The molecule has 2 aromatic carbocycles. The topological polar surface area (TPSA) is 62.3 Å². The van der Waals surface area contributed by atoms with Crippen molar-refractivity contribution in [3.63, 3.8) is 0 Å². The number of likely N-dealkylation sites (tertiary alicyclic amines) is 2. The molecule has 9 heteroatoms. The van der Waals surface area contributed by atoms with Crippen molar-refractivity contribution >= 4 is 21.4 Å². The third kappa shape index (κ3) is 7.16. The van der Waals surface area contributed by atoms with Gasteiger partial charge in [0.25, 0.3) is 0 Å². The highest BCUT2D eigenvalue weighted by molar-refractivity contribution is 7.91. The van der Waals surface area contributed by atoms with E-state index in [2.05, 4.69) is 41.8 Å². The Bertz CT molecular complexity index is 1350. The van der Waals surface area contributed by atoms with Crippen molar-refractivity contribution in [3.05, 3.63) is 57.6 Å². The molecular weight excluding hydrogens is 570 g/mol. The first kappa shape index (κ1) is 31.7. The Morgan fingerprint density at radius 1 is 1.05 bits per heavy atom. The van der Waals surface area contributed by atoms with Crippen LogP contribution in [-0.4, -0.2) is 101 Å². The summed E-state index contributed by atoms with van der Waals surface area (Å²) in [5, 5.41) is 0.729. The van der Waals surface area contributed by atoms with Gasteiger partial charge in [0.1, 0.15) is 11.9 Å². The summed E-state index contributed by atoms with van der Waals surface area (Å²) in [6.45, 7) is 12.2. The number of hydrogen-bond donors (Lipinski definition) is 0. The molecule has 0 N–H and O–H groups in total. The van der Waals surface area contributed by atoms with Crippen LogP contribution in [-0.2, 0) is 21.0 Å². The molecule has 0 aromatic heterocycles. The fourth-order valence-electron chi connectivity index (χ4n) is 7.10. The average Bonchev–Trinajstić information content (AvgIpc) is 3.54. The van der Waals surface area contributed by atoms with Gasteiger partial charge >= 0.3 is 0 Å². The molecule has 2 fully saturated rings. The minimum Gasteiger partial charge on any atom is -0.484 e. The summed E-state index contributed by atoms with van der Waals surface area (Å²) in [4.78, 5) is 7.62.